The van der Waals surface area contributed by atoms with E-state index in [9.17, 15) is 9.18 Å². The first-order valence-corrected chi connectivity index (χ1v) is 7.30. The van der Waals surface area contributed by atoms with Crippen molar-refractivity contribution in [1.29, 1.82) is 0 Å². The summed E-state index contributed by atoms with van der Waals surface area (Å²) >= 11 is 0. The van der Waals surface area contributed by atoms with Crippen molar-refractivity contribution in [2.24, 2.45) is 0 Å². The van der Waals surface area contributed by atoms with Gasteiger partial charge in [0.05, 0.1) is 6.61 Å². The fourth-order valence-electron chi connectivity index (χ4n) is 2.03. The predicted molar refractivity (Wildman–Crippen MR) is 85.7 cm³/mol. The second-order valence-electron chi connectivity index (χ2n) is 5.28. The Morgan fingerprint density at radius 2 is 1.86 bits per heavy atom. The molecular formula is C18H20FNO2. The third-order valence-corrected chi connectivity index (χ3v) is 3.28. The van der Waals surface area contributed by atoms with E-state index >= 15 is 0 Å². The lowest BCUT2D eigenvalue weighted by Gasteiger charge is -2.10. The minimum atomic E-state index is -0.320. The molecule has 0 bridgehead atoms. The zero-order valence-corrected chi connectivity index (χ0v) is 12.9. The molecule has 0 saturated carbocycles. The van der Waals surface area contributed by atoms with Crippen LogP contribution >= 0.6 is 0 Å². The Kier molecular flexibility index (Phi) is 5.53. The summed E-state index contributed by atoms with van der Waals surface area (Å²) < 4.78 is 18.5. The van der Waals surface area contributed by atoms with E-state index in [0.29, 0.717) is 25.1 Å². The molecule has 0 aliphatic carbocycles. The fourth-order valence-corrected chi connectivity index (χ4v) is 2.03. The average molecular weight is 301 g/mol. The molecule has 1 amide bonds. The first kappa shape index (κ1) is 16.0. The Balaban J connectivity index is 1.73. The molecule has 0 aliphatic rings. The van der Waals surface area contributed by atoms with Crippen molar-refractivity contribution in [3.8, 4) is 5.75 Å². The number of benzene rings is 2. The molecule has 0 atom stereocenters. The van der Waals surface area contributed by atoms with Crippen molar-refractivity contribution in [1.82, 2.24) is 0 Å². The van der Waals surface area contributed by atoms with Crippen LogP contribution in [0.2, 0.25) is 0 Å². The normalized spacial score (nSPS) is 10.3. The molecule has 0 radical (unpaired) electrons. The number of amides is 1. The molecule has 22 heavy (non-hydrogen) atoms. The van der Waals surface area contributed by atoms with E-state index in [-0.39, 0.29) is 11.7 Å². The molecule has 2 aromatic carbocycles. The minimum absolute atomic E-state index is 0.101. The Morgan fingerprint density at radius 1 is 1.14 bits per heavy atom. The van der Waals surface area contributed by atoms with Crippen molar-refractivity contribution in [3.05, 3.63) is 59.4 Å². The van der Waals surface area contributed by atoms with Gasteiger partial charge in [0.15, 0.2) is 0 Å². The first-order chi connectivity index (χ1) is 10.5. The van der Waals surface area contributed by atoms with Gasteiger partial charge in [-0.1, -0.05) is 12.1 Å². The van der Waals surface area contributed by atoms with Gasteiger partial charge in [-0.2, -0.15) is 0 Å². The van der Waals surface area contributed by atoms with Crippen LogP contribution in [0.3, 0.4) is 0 Å². The highest BCUT2D eigenvalue weighted by molar-refractivity contribution is 5.90. The smallest absolute Gasteiger partial charge is 0.224 e. The molecule has 3 nitrogen and oxygen atoms in total. The lowest BCUT2D eigenvalue weighted by Crippen LogP contribution is -2.12. The monoisotopic (exact) mass is 301 g/mol. The lowest BCUT2D eigenvalue weighted by atomic mass is 10.1. The maximum absolute atomic E-state index is 12.8. The van der Waals surface area contributed by atoms with Crippen LogP contribution in [0.15, 0.2) is 42.5 Å². The van der Waals surface area contributed by atoms with Gasteiger partial charge in [-0.15, -0.1) is 0 Å². The Morgan fingerprint density at radius 3 is 2.59 bits per heavy atom. The van der Waals surface area contributed by atoms with Crippen molar-refractivity contribution in [2.75, 3.05) is 11.9 Å². The standard InChI is InChI=1S/C18H20FNO2/c1-13-5-6-14(2)17(12-13)22-11-3-4-18(21)20-16-9-7-15(19)8-10-16/h5-10,12H,3-4,11H2,1-2H3,(H,20,21). The molecule has 0 aliphatic heterocycles. The summed E-state index contributed by atoms with van der Waals surface area (Å²) in [6, 6.07) is 11.8. The van der Waals surface area contributed by atoms with Crippen LogP contribution in [-0.4, -0.2) is 12.5 Å². The highest BCUT2D eigenvalue weighted by Crippen LogP contribution is 2.19. The largest absolute Gasteiger partial charge is 0.493 e. The maximum atomic E-state index is 12.8. The van der Waals surface area contributed by atoms with E-state index in [1.165, 1.54) is 12.1 Å². The summed E-state index contributed by atoms with van der Waals surface area (Å²) in [5.74, 6) is 0.440. The van der Waals surface area contributed by atoms with E-state index in [1.54, 1.807) is 12.1 Å². The molecule has 2 rings (SSSR count). The number of halogens is 1. The zero-order valence-electron chi connectivity index (χ0n) is 12.9. The third-order valence-electron chi connectivity index (χ3n) is 3.28. The zero-order chi connectivity index (χ0) is 15.9. The number of nitrogens with one attached hydrogen (secondary N) is 1. The van der Waals surface area contributed by atoms with Gasteiger partial charge in [-0.25, -0.2) is 4.39 Å². The van der Waals surface area contributed by atoms with Crippen LogP contribution in [0.4, 0.5) is 10.1 Å². The van der Waals surface area contributed by atoms with Crippen LogP contribution in [0.1, 0.15) is 24.0 Å². The molecule has 0 spiro atoms. The first-order valence-electron chi connectivity index (χ1n) is 7.30. The number of aryl methyl sites for hydroxylation is 2. The highest BCUT2D eigenvalue weighted by Gasteiger charge is 2.04. The molecule has 4 heteroatoms. The second-order valence-corrected chi connectivity index (χ2v) is 5.28. The second kappa shape index (κ2) is 7.59. The predicted octanol–water partition coefficient (Wildman–Crippen LogP) is 4.24. The summed E-state index contributed by atoms with van der Waals surface area (Å²) in [5, 5.41) is 2.73. The Hall–Kier alpha value is -2.36. The number of hydrogen-bond acceptors (Lipinski definition) is 2. The average Bonchev–Trinajstić information content (AvgIpc) is 2.49. The van der Waals surface area contributed by atoms with Gasteiger partial charge in [0, 0.05) is 12.1 Å². The van der Waals surface area contributed by atoms with Crippen LogP contribution in [0, 0.1) is 19.7 Å². The van der Waals surface area contributed by atoms with Crippen LogP contribution in [0.5, 0.6) is 5.75 Å². The summed E-state index contributed by atoms with van der Waals surface area (Å²) in [7, 11) is 0. The van der Waals surface area contributed by atoms with Gasteiger partial charge in [0.2, 0.25) is 5.91 Å². The summed E-state index contributed by atoms with van der Waals surface area (Å²) in [6.07, 6.45) is 0.989. The minimum Gasteiger partial charge on any atom is -0.493 e. The third kappa shape index (κ3) is 4.88. The van der Waals surface area contributed by atoms with Gasteiger partial charge < -0.3 is 10.1 Å². The topological polar surface area (TPSA) is 38.3 Å². The van der Waals surface area contributed by atoms with Gasteiger partial charge in [0.25, 0.3) is 0 Å². The number of anilines is 1. The van der Waals surface area contributed by atoms with E-state index in [2.05, 4.69) is 5.32 Å². The molecule has 0 fully saturated rings. The molecule has 116 valence electrons. The van der Waals surface area contributed by atoms with Crippen molar-refractivity contribution >= 4 is 11.6 Å². The summed E-state index contributed by atoms with van der Waals surface area (Å²) in [6.45, 7) is 4.50. The van der Waals surface area contributed by atoms with E-state index in [4.69, 9.17) is 4.74 Å². The van der Waals surface area contributed by atoms with Crippen molar-refractivity contribution in [2.45, 2.75) is 26.7 Å². The van der Waals surface area contributed by atoms with Crippen LogP contribution in [0.25, 0.3) is 0 Å². The molecule has 0 unspecified atom stereocenters. The molecule has 0 saturated heterocycles. The molecule has 0 aromatic heterocycles. The molecule has 2 aromatic rings. The molecular weight excluding hydrogens is 281 g/mol. The van der Waals surface area contributed by atoms with Gasteiger partial charge in [-0.05, 0) is 61.7 Å². The lowest BCUT2D eigenvalue weighted by molar-refractivity contribution is -0.116. The highest BCUT2D eigenvalue weighted by atomic mass is 19.1. The fraction of sp³-hybridized carbons (Fsp3) is 0.278. The number of ether oxygens (including phenoxy) is 1. The summed E-state index contributed by atoms with van der Waals surface area (Å²) in [5.41, 5.74) is 2.83. The van der Waals surface area contributed by atoms with Gasteiger partial charge >= 0.3 is 0 Å². The van der Waals surface area contributed by atoms with Crippen LogP contribution < -0.4 is 10.1 Å². The number of carbonyl (C=O) groups is 1. The van der Waals surface area contributed by atoms with E-state index < -0.39 is 0 Å². The number of hydrogen-bond donors (Lipinski definition) is 1. The van der Waals surface area contributed by atoms with Crippen molar-refractivity contribution in [3.63, 3.8) is 0 Å². The quantitative estimate of drug-likeness (QED) is 0.810. The Bertz CT molecular complexity index is 638. The van der Waals surface area contributed by atoms with Gasteiger partial charge in [0.1, 0.15) is 11.6 Å². The maximum Gasteiger partial charge on any atom is 0.224 e. The number of carbonyl (C=O) groups excluding carboxylic acids is 1. The van der Waals surface area contributed by atoms with Crippen molar-refractivity contribution < 1.29 is 13.9 Å². The van der Waals surface area contributed by atoms with E-state index in [0.717, 1.165) is 16.9 Å². The number of rotatable bonds is 6. The molecule has 1 N–H and O–H groups in total. The summed E-state index contributed by atoms with van der Waals surface area (Å²) in [4.78, 5) is 11.8. The van der Waals surface area contributed by atoms with Gasteiger partial charge in [-0.3, -0.25) is 4.79 Å². The Labute approximate surface area is 130 Å². The molecule has 0 heterocycles. The van der Waals surface area contributed by atoms with Crippen LogP contribution in [-0.2, 0) is 4.79 Å². The SMILES string of the molecule is Cc1ccc(C)c(OCCCC(=O)Nc2ccc(F)cc2)c1. The van der Waals surface area contributed by atoms with E-state index in [1.807, 2.05) is 32.0 Å².